The summed E-state index contributed by atoms with van der Waals surface area (Å²) in [5.41, 5.74) is -1.02. The Morgan fingerprint density at radius 3 is 2.42 bits per heavy atom. The van der Waals surface area contributed by atoms with Crippen LogP contribution in [0.4, 0.5) is 13.2 Å². The molecule has 0 radical (unpaired) electrons. The number of nitrogens with one attached hydrogen (secondary N) is 1. The van der Waals surface area contributed by atoms with Gasteiger partial charge in [-0.25, -0.2) is 0 Å². The number of hydrogen-bond donors (Lipinski definition) is 2. The maximum Gasteiger partial charge on any atom is 0.434 e. The van der Waals surface area contributed by atoms with E-state index in [0.29, 0.717) is 6.42 Å². The van der Waals surface area contributed by atoms with Crippen LogP contribution in [0.25, 0.3) is 0 Å². The number of nitrogens with zero attached hydrogens (tertiary/aromatic N) is 1. The van der Waals surface area contributed by atoms with E-state index < -0.39 is 35.4 Å². The minimum Gasteiger partial charge on any atom is -0.481 e. The molecular formula is C18H17F3N2O3. The first-order valence-corrected chi connectivity index (χ1v) is 7.86. The molecule has 5 nitrogen and oxygen atoms in total. The Morgan fingerprint density at radius 2 is 1.81 bits per heavy atom. The summed E-state index contributed by atoms with van der Waals surface area (Å²) in [4.78, 5) is 26.4. The standard InChI is InChI=1S/C18H17F3N2O3/c19-18(20,21)16-14(7-4-10-22-16)17(26)23-13(8-9-15(24)25)11-12-5-2-1-3-6-12/h1-7,10,13H,8-9,11H2,(H,23,26)(H,24,25). The molecule has 1 heterocycles. The molecule has 0 aliphatic carbocycles. The SMILES string of the molecule is O=C(O)CCC(Cc1ccccc1)NC(=O)c1cccnc1C(F)(F)F. The van der Waals surface area contributed by atoms with Crippen molar-refractivity contribution in [2.24, 2.45) is 0 Å². The second kappa shape index (κ2) is 8.46. The Bertz CT molecular complexity index is 764. The molecular weight excluding hydrogens is 349 g/mol. The van der Waals surface area contributed by atoms with Gasteiger partial charge in [-0.15, -0.1) is 0 Å². The lowest BCUT2D eigenvalue weighted by Gasteiger charge is -2.19. The molecule has 138 valence electrons. The number of halogens is 3. The van der Waals surface area contributed by atoms with Crippen LogP contribution in [0.1, 0.15) is 34.5 Å². The van der Waals surface area contributed by atoms with Crippen molar-refractivity contribution < 1.29 is 27.9 Å². The maximum atomic E-state index is 13.0. The highest BCUT2D eigenvalue weighted by Crippen LogP contribution is 2.30. The number of carboxylic acid groups (broad SMARTS) is 1. The average molecular weight is 366 g/mol. The van der Waals surface area contributed by atoms with Crippen molar-refractivity contribution in [2.45, 2.75) is 31.5 Å². The summed E-state index contributed by atoms with van der Waals surface area (Å²) in [5, 5.41) is 11.4. The Labute approximate surface area is 147 Å². The van der Waals surface area contributed by atoms with Gasteiger partial charge in [0, 0.05) is 18.7 Å². The third-order valence-electron chi connectivity index (χ3n) is 3.69. The van der Waals surface area contributed by atoms with Crippen LogP contribution in [0.3, 0.4) is 0 Å². The first-order valence-electron chi connectivity index (χ1n) is 7.86. The number of amides is 1. The molecule has 2 rings (SSSR count). The number of carbonyl (C=O) groups is 2. The topological polar surface area (TPSA) is 79.3 Å². The third kappa shape index (κ3) is 5.58. The lowest BCUT2D eigenvalue weighted by atomic mass is 10.0. The summed E-state index contributed by atoms with van der Waals surface area (Å²) in [6.45, 7) is 0. The number of pyridine rings is 1. The van der Waals surface area contributed by atoms with Crippen molar-refractivity contribution in [3.63, 3.8) is 0 Å². The molecule has 0 fully saturated rings. The van der Waals surface area contributed by atoms with Gasteiger partial charge in [0.25, 0.3) is 5.91 Å². The molecule has 0 aliphatic heterocycles. The molecule has 8 heteroatoms. The van der Waals surface area contributed by atoms with Gasteiger partial charge in [0.05, 0.1) is 5.56 Å². The zero-order valence-electron chi connectivity index (χ0n) is 13.7. The van der Waals surface area contributed by atoms with Gasteiger partial charge in [0.1, 0.15) is 0 Å². The van der Waals surface area contributed by atoms with E-state index >= 15 is 0 Å². The van der Waals surface area contributed by atoms with Gasteiger partial charge in [-0.3, -0.25) is 14.6 Å². The summed E-state index contributed by atoms with van der Waals surface area (Å²) in [7, 11) is 0. The normalized spacial score (nSPS) is 12.4. The van der Waals surface area contributed by atoms with Crippen molar-refractivity contribution in [1.29, 1.82) is 0 Å². The summed E-state index contributed by atoms with van der Waals surface area (Å²) < 4.78 is 39.1. The molecule has 0 saturated heterocycles. The fourth-order valence-electron chi connectivity index (χ4n) is 2.50. The molecule has 1 aromatic heterocycles. The van der Waals surface area contributed by atoms with Gasteiger partial charge in [-0.1, -0.05) is 30.3 Å². The molecule has 2 N–H and O–H groups in total. The first kappa shape index (κ1) is 19.4. The van der Waals surface area contributed by atoms with Crippen LogP contribution in [-0.4, -0.2) is 28.0 Å². The fraction of sp³-hybridized carbons (Fsp3) is 0.278. The number of aromatic nitrogens is 1. The molecule has 0 aliphatic rings. The zero-order valence-corrected chi connectivity index (χ0v) is 13.7. The van der Waals surface area contributed by atoms with Gasteiger partial charge in [-0.05, 0) is 30.5 Å². The first-order chi connectivity index (χ1) is 12.3. The predicted molar refractivity (Wildman–Crippen MR) is 87.5 cm³/mol. The maximum absolute atomic E-state index is 13.0. The second-order valence-corrected chi connectivity index (χ2v) is 5.69. The van der Waals surface area contributed by atoms with E-state index in [1.807, 2.05) is 0 Å². The van der Waals surface area contributed by atoms with Gasteiger partial charge in [0.2, 0.25) is 0 Å². The number of carboxylic acids is 1. The van der Waals surface area contributed by atoms with Crippen molar-refractivity contribution in [3.8, 4) is 0 Å². The summed E-state index contributed by atoms with van der Waals surface area (Å²) in [5.74, 6) is -1.98. The summed E-state index contributed by atoms with van der Waals surface area (Å²) in [6, 6.07) is 10.6. The number of benzene rings is 1. The van der Waals surface area contributed by atoms with E-state index in [1.54, 1.807) is 30.3 Å². The van der Waals surface area contributed by atoms with Crippen molar-refractivity contribution >= 4 is 11.9 Å². The number of rotatable bonds is 7. The molecule has 0 spiro atoms. The van der Waals surface area contributed by atoms with Gasteiger partial charge in [0.15, 0.2) is 5.69 Å². The molecule has 1 amide bonds. The van der Waals surface area contributed by atoms with Crippen LogP contribution in [0.5, 0.6) is 0 Å². The van der Waals surface area contributed by atoms with E-state index in [2.05, 4.69) is 10.3 Å². The Hall–Kier alpha value is -2.90. The molecule has 1 unspecified atom stereocenters. The third-order valence-corrected chi connectivity index (χ3v) is 3.69. The highest BCUT2D eigenvalue weighted by molar-refractivity contribution is 5.95. The van der Waals surface area contributed by atoms with Crippen molar-refractivity contribution in [2.75, 3.05) is 0 Å². The van der Waals surface area contributed by atoms with Gasteiger partial charge < -0.3 is 10.4 Å². The van der Waals surface area contributed by atoms with Crippen LogP contribution in [0.15, 0.2) is 48.7 Å². The largest absolute Gasteiger partial charge is 0.481 e. The van der Waals surface area contributed by atoms with E-state index in [9.17, 15) is 22.8 Å². The van der Waals surface area contributed by atoms with Crippen molar-refractivity contribution in [3.05, 3.63) is 65.5 Å². The predicted octanol–water partition coefficient (Wildman–Crippen LogP) is 3.31. The van der Waals surface area contributed by atoms with Crippen molar-refractivity contribution in [1.82, 2.24) is 10.3 Å². The Balaban J connectivity index is 2.19. The molecule has 1 atom stereocenters. The number of carbonyl (C=O) groups excluding carboxylic acids is 1. The van der Waals surface area contributed by atoms with Crippen LogP contribution in [0.2, 0.25) is 0 Å². The molecule has 26 heavy (non-hydrogen) atoms. The lowest BCUT2D eigenvalue weighted by molar-refractivity contribution is -0.141. The Kier molecular flexibility index (Phi) is 6.32. The van der Waals surface area contributed by atoms with Crippen LogP contribution in [-0.2, 0) is 17.4 Å². The van der Waals surface area contributed by atoms with E-state index in [-0.39, 0.29) is 12.8 Å². The summed E-state index contributed by atoms with van der Waals surface area (Å²) >= 11 is 0. The van der Waals surface area contributed by atoms with Crippen LogP contribution >= 0.6 is 0 Å². The smallest absolute Gasteiger partial charge is 0.434 e. The zero-order chi connectivity index (χ0) is 19.2. The highest BCUT2D eigenvalue weighted by Gasteiger charge is 2.37. The van der Waals surface area contributed by atoms with Gasteiger partial charge >= 0.3 is 12.1 Å². The Morgan fingerprint density at radius 1 is 1.12 bits per heavy atom. The van der Waals surface area contributed by atoms with Crippen LogP contribution in [0, 0.1) is 0 Å². The minimum absolute atomic E-state index is 0.0948. The fourth-order valence-corrected chi connectivity index (χ4v) is 2.50. The van der Waals surface area contributed by atoms with E-state index in [4.69, 9.17) is 5.11 Å². The molecule has 0 saturated carbocycles. The minimum atomic E-state index is -4.76. The quantitative estimate of drug-likeness (QED) is 0.788. The van der Waals surface area contributed by atoms with E-state index in [1.165, 1.54) is 6.07 Å². The van der Waals surface area contributed by atoms with Gasteiger partial charge in [-0.2, -0.15) is 13.2 Å². The summed E-state index contributed by atoms with van der Waals surface area (Å²) in [6.07, 6.45) is -3.61. The van der Waals surface area contributed by atoms with E-state index in [0.717, 1.165) is 17.8 Å². The van der Waals surface area contributed by atoms with Crippen LogP contribution < -0.4 is 5.32 Å². The lowest BCUT2D eigenvalue weighted by Crippen LogP contribution is -2.38. The number of hydrogen-bond acceptors (Lipinski definition) is 3. The molecule has 0 bridgehead atoms. The number of alkyl halides is 3. The highest BCUT2D eigenvalue weighted by atomic mass is 19.4. The second-order valence-electron chi connectivity index (χ2n) is 5.69. The monoisotopic (exact) mass is 366 g/mol. The average Bonchev–Trinajstić information content (AvgIpc) is 2.59. The molecule has 2 aromatic rings. The number of aliphatic carboxylic acids is 1. The molecule has 1 aromatic carbocycles.